The zero-order valence-electron chi connectivity index (χ0n) is 15.4. The van der Waals surface area contributed by atoms with E-state index in [4.69, 9.17) is 0 Å². The van der Waals surface area contributed by atoms with Gasteiger partial charge in [0.05, 0.1) is 11.6 Å². The van der Waals surface area contributed by atoms with Gasteiger partial charge in [0.25, 0.3) is 5.91 Å². The Hall–Kier alpha value is -3.06. The van der Waals surface area contributed by atoms with Crippen molar-refractivity contribution in [3.63, 3.8) is 0 Å². The fourth-order valence-corrected chi connectivity index (χ4v) is 4.26. The number of nitrogens with zero attached hydrogens (tertiary/aromatic N) is 2. The van der Waals surface area contributed by atoms with Crippen molar-refractivity contribution in [2.45, 2.75) is 32.2 Å². The van der Waals surface area contributed by atoms with Crippen LogP contribution in [-0.2, 0) is 17.8 Å². The van der Waals surface area contributed by atoms with Crippen molar-refractivity contribution in [2.24, 2.45) is 0 Å². The van der Waals surface area contributed by atoms with E-state index in [1.54, 1.807) is 24.5 Å². The lowest BCUT2D eigenvalue weighted by atomic mass is 10.1. The van der Waals surface area contributed by atoms with Crippen molar-refractivity contribution in [3.05, 3.63) is 76.1 Å². The van der Waals surface area contributed by atoms with Crippen LogP contribution in [0.3, 0.4) is 0 Å². The van der Waals surface area contributed by atoms with E-state index in [1.165, 1.54) is 11.3 Å². The normalized spacial score (nSPS) is 15.1. The summed E-state index contributed by atoms with van der Waals surface area (Å²) >= 11 is 1.45. The second-order valence-electron chi connectivity index (χ2n) is 6.81. The first-order valence-electron chi connectivity index (χ1n) is 9.14. The molecule has 28 heavy (non-hydrogen) atoms. The van der Waals surface area contributed by atoms with Crippen LogP contribution in [0.4, 0.5) is 5.13 Å². The monoisotopic (exact) mass is 392 g/mol. The summed E-state index contributed by atoms with van der Waals surface area (Å²) < 4.78 is 0. The highest BCUT2D eigenvalue weighted by Gasteiger charge is 2.32. The van der Waals surface area contributed by atoms with Crippen LogP contribution in [-0.4, -0.2) is 21.8 Å². The Labute approximate surface area is 167 Å². The van der Waals surface area contributed by atoms with Gasteiger partial charge in [0.2, 0.25) is 5.91 Å². The average molecular weight is 392 g/mol. The van der Waals surface area contributed by atoms with Crippen LogP contribution >= 0.6 is 11.3 Å². The van der Waals surface area contributed by atoms with Crippen molar-refractivity contribution in [1.82, 2.24) is 15.3 Å². The Kier molecular flexibility index (Phi) is 5.16. The second-order valence-corrected chi connectivity index (χ2v) is 7.90. The van der Waals surface area contributed by atoms with Gasteiger partial charge in [-0.15, -0.1) is 11.3 Å². The number of rotatable bonds is 5. The molecule has 0 radical (unpaired) electrons. The molecule has 3 aromatic rings. The average Bonchev–Trinajstić information content (AvgIpc) is 3.27. The van der Waals surface area contributed by atoms with Crippen LogP contribution in [0.15, 0.2) is 48.8 Å². The first kappa shape index (κ1) is 18.3. The van der Waals surface area contributed by atoms with Crippen LogP contribution < -0.4 is 10.6 Å². The highest BCUT2D eigenvalue weighted by atomic mass is 32.1. The lowest BCUT2D eigenvalue weighted by molar-refractivity contribution is -0.122. The van der Waals surface area contributed by atoms with Crippen molar-refractivity contribution in [1.29, 1.82) is 0 Å². The molecule has 1 aliphatic carbocycles. The van der Waals surface area contributed by atoms with Gasteiger partial charge >= 0.3 is 0 Å². The van der Waals surface area contributed by atoms with E-state index in [0.717, 1.165) is 34.5 Å². The summed E-state index contributed by atoms with van der Waals surface area (Å²) in [5, 5.41) is 6.37. The largest absolute Gasteiger partial charge is 0.351 e. The first-order valence-corrected chi connectivity index (χ1v) is 9.96. The van der Waals surface area contributed by atoms with E-state index >= 15 is 0 Å². The van der Waals surface area contributed by atoms with Gasteiger partial charge in [-0.2, -0.15) is 0 Å². The predicted octanol–water partition coefficient (Wildman–Crippen LogP) is 3.45. The van der Waals surface area contributed by atoms with E-state index in [2.05, 4.69) is 20.6 Å². The minimum absolute atomic E-state index is 0.0303. The summed E-state index contributed by atoms with van der Waals surface area (Å²) in [6, 6.07) is 11.1. The Morgan fingerprint density at radius 2 is 1.89 bits per heavy atom. The third-order valence-electron chi connectivity index (χ3n) is 4.78. The van der Waals surface area contributed by atoms with Gasteiger partial charge in [-0.1, -0.05) is 17.7 Å². The molecule has 2 N–H and O–H groups in total. The molecule has 0 saturated heterocycles. The maximum atomic E-state index is 12.6. The Balaban J connectivity index is 1.41. The number of hydrogen-bond donors (Lipinski definition) is 2. The molecule has 0 spiro atoms. The fourth-order valence-electron chi connectivity index (χ4n) is 3.22. The molecule has 1 aliphatic rings. The molecule has 0 saturated carbocycles. The van der Waals surface area contributed by atoms with Crippen molar-refractivity contribution >= 4 is 28.3 Å². The topological polar surface area (TPSA) is 84.0 Å². The number of amides is 2. The van der Waals surface area contributed by atoms with Crippen molar-refractivity contribution in [3.8, 4) is 0 Å². The molecule has 1 aromatic carbocycles. The molecular weight excluding hydrogens is 372 g/mol. The SMILES string of the molecule is Cc1ccc(C(=O)Nc2nc3c(s2)CCC3C(=O)NCc2ccncc2)cc1. The maximum absolute atomic E-state index is 12.6. The van der Waals surface area contributed by atoms with Gasteiger partial charge in [0, 0.05) is 29.4 Å². The van der Waals surface area contributed by atoms with E-state index in [-0.39, 0.29) is 17.7 Å². The summed E-state index contributed by atoms with van der Waals surface area (Å²) in [6.45, 7) is 2.45. The van der Waals surface area contributed by atoms with Crippen molar-refractivity contribution in [2.75, 3.05) is 5.32 Å². The number of hydrogen-bond acceptors (Lipinski definition) is 5. The Morgan fingerprint density at radius 3 is 2.64 bits per heavy atom. The van der Waals surface area contributed by atoms with Crippen LogP contribution in [0.25, 0.3) is 0 Å². The number of benzene rings is 1. The van der Waals surface area contributed by atoms with Gasteiger partial charge in [-0.25, -0.2) is 4.98 Å². The number of aryl methyl sites for hydroxylation is 2. The van der Waals surface area contributed by atoms with Gasteiger partial charge in [0.15, 0.2) is 5.13 Å². The smallest absolute Gasteiger partial charge is 0.257 e. The molecular formula is C21H20N4O2S. The Bertz CT molecular complexity index is 999. The lowest BCUT2D eigenvalue weighted by Crippen LogP contribution is -2.28. The highest BCUT2D eigenvalue weighted by Crippen LogP contribution is 2.38. The molecule has 4 rings (SSSR count). The van der Waals surface area contributed by atoms with E-state index in [9.17, 15) is 9.59 Å². The molecule has 1 atom stereocenters. The zero-order chi connectivity index (χ0) is 19.5. The molecule has 6 nitrogen and oxygen atoms in total. The number of aromatic nitrogens is 2. The molecule has 7 heteroatoms. The maximum Gasteiger partial charge on any atom is 0.257 e. The molecule has 0 bridgehead atoms. The van der Waals surface area contributed by atoms with Crippen LogP contribution in [0.5, 0.6) is 0 Å². The van der Waals surface area contributed by atoms with Crippen LogP contribution in [0.2, 0.25) is 0 Å². The third-order valence-corrected chi connectivity index (χ3v) is 5.83. The summed E-state index contributed by atoms with van der Waals surface area (Å²) in [7, 11) is 0. The number of nitrogens with one attached hydrogen (secondary N) is 2. The molecule has 2 heterocycles. The fraction of sp³-hybridized carbons (Fsp3) is 0.238. The standard InChI is InChI=1S/C21H20N4O2S/c1-13-2-4-15(5-3-13)19(26)25-21-24-18-16(6-7-17(18)28-21)20(27)23-12-14-8-10-22-11-9-14/h2-5,8-11,16H,6-7,12H2,1H3,(H,23,27)(H,24,25,26). The van der Waals surface area contributed by atoms with E-state index in [0.29, 0.717) is 17.2 Å². The van der Waals surface area contributed by atoms with Gasteiger partial charge in [-0.05, 0) is 49.6 Å². The molecule has 142 valence electrons. The second kappa shape index (κ2) is 7.90. The summed E-state index contributed by atoms with van der Waals surface area (Å²) in [5.41, 5.74) is 3.49. The minimum atomic E-state index is -0.266. The quantitative estimate of drug-likeness (QED) is 0.697. The van der Waals surface area contributed by atoms with Gasteiger partial charge < -0.3 is 5.32 Å². The number of anilines is 1. The molecule has 2 aromatic heterocycles. The number of fused-ring (bicyclic) bond motifs is 1. The van der Waals surface area contributed by atoms with E-state index in [1.807, 2.05) is 31.2 Å². The third kappa shape index (κ3) is 3.94. The molecule has 2 amide bonds. The lowest BCUT2D eigenvalue weighted by Gasteiger charge is -2.10. The number of thiazole rings is 1. The Morgan fingerprint density at radius 1 is 1.14 bits per heavy atom. The number of pyridine rings is 1. The van der Waals surface area contributed by atoms with E-state index < -0.39 is 0 Å². The highest BCUT2D eigenvalue weighted by molar-refractivity contribution is 7.16. The summed E-state index contributed by atoms with van der Waals surface area (Å²) in [5.74, 6) is -0.485. The van der Waals surface area contributed by atoms with Gasteiger partial charge in [-0.3, -0.25) is 19.9 Å². The zero-order valence-corrected chi connectivity index (χ0v) is 16.3. The number of carbonyl (C=O) groups is 2. The number of carbonyl (C=O) groups excluding carboxylic acids is 2. The summed E-state index contributed by atoms with van der Waals surface area (Å²) in [6.07, 6.45) is 4.97. The summed E-state index contributed by atoms with van der Waals surface area (Å²) in [4.78, 5) is 34.6. The molecule has 0 aliphatic heterocycles. The van der Waals surface area contributed by atoms with Crippen LogP contribution in [0, 0.1) is 6.92 Å². The first-order chi connectivity index (χ1) is 13.6. The van der Waals surface area contributed by atoms with Crippen molar-refractivity contribution < 1.29 is 9.59 Å². The molecule has 1 unspecified atom stereocenters. The van der Waals surface area contributed by atoms with Crippen LogP contribution in [0.1, 0.15) is 44.4 Å². The molecule has 0 fully saturated rings. The predicted molar refractivity (Wildman–Crippen MR) is 108 cm³/mol. The van der Waals surface area contributed by atoms with Gasteiger partial charge in [0.1, 0.15) is 0 Å². The minimum Gasteiger partial charge on any atom is -0.351 e.